The zero-order chi connectivity index (χ0) is 17.4. The van der Waals surface area contributed by atoms with Crippen LogP contribution in [0.15, 0.2) is 42.5 Å². The standard InChI is InChI=1S/C17H14FN5O2/c1-2-25-15(24)10-7-8-14-13(9-10)20-17-21-16(22-23(14)17)19-12-6-4-3-5-11(12)18/h3-9H,2H2,1H3,(H2,19,20,21,22). The van der Waals surface area contributed by atoms with Gasteiger partial charge in [-0.1, -0.05) is 12.1 Å². The molecule has 0 saturated carbocycles. The second-order valence-corrected chi connectivity index (χ2v) is 5.35. The lowest BCUT2D eigenvalue weighted by molar-refractivity contribution is 0.0526. The molecule has 2 aromatic carbocycles. The minimum atomic E-state index is -0.393. The number of anilines is 2. The summed E-state index contributed by atoms with van der Waals surface area (Å²) in [7, 11) is 0. The third kappa shape index (κ3) is 2.67. The van der Waals surface area contributed by atoms with Crippen LogP contribution in [-0.4, -0.2) is 32.2 Å². The van der Waals surface area contributed by atoms with Crippen LogP contribution in [0.2, 0.25) is 0 Å². The molecule has 0 bridgehead atoms. The molecule has 4 aromatic rings. The lowest BCUT2D eigenvalue weighted by Crippen LogP contribution is -2.04. The zero-order valence-corrected chi connectivity index (χ0v) is 13.3. The molecule has 7 nitrogen and oxygen atoms in total. The van der Waals surface area contributed by atoms with E-state index >= 15 is 0 Å². The van der Waals surface area contributed by atoms with Gasteiger partial charge in [-0.25, -0.2) is 18.7 Å². The molecule has 126 valence electrons. The molecule has 0 spiro atoms. The Morgan fingerprint density at radius 3 is 2.92 bits per heavy atom. The number of aromatic nitrogens is 4. The maximum Gasteiger partial charge on any atom is 0.338 e. The number of benzene rings is 2. The van der Waals surface area contributed by atoms with Gasteiger partial charge in [-0.15, -0.1) is 0 Å². The van der Waals surface area contributed by atoms with E-state index in [0.29, 0.717) is 35.1 Å². The van der Waals surface area contributed by atoms with Crippen molar-refractivity contribution in [3.05, 3.63) is 53.8 Å². The van der Waals surface area contributed by atoms with Gasteiger partial charge < -0.3 is 10.1 Å². The number of carbonyl (C=O) groups excluding carboxylic acids is 1. The first-order valence-corrected chi connectivity index (χ1v) is 7.72. The van der Waals surface area contributed by atoms with Gasteiger partial charge in [0, 0.05) is 0 Å². The van der Waals surface area contributed by atoms with Crippen molar-refractivity contribution in [3.63, 3.8) is 0 Å². The summed E-state index contributed by atoms with van der Waals surface area (Å²) < 4.78 is 20.4. The van der Waals surface area contributed by atoms with Crippen molar-refractivity contribution in [1.82, 2.24) is 19.6 Å². The molecule has 0 aliphatic rings. The van der Waals surface area contributed by atoms with Crippen molar-refractivity contribution in [1.29, 1.82) is 0 Å². The molecule has 2 heterocycles. The highest BCUT2D eigenvalue weighted by atomic mass is 19.1. The molecule has 4 rings (SSSR count). The first-order valence-electron chi connectivity index (χ1n) is 7.72. The van der Waals surface area contributed by atoms with E-state index in [1.54, 1.807) is 47.8 Å². The fourth-order valence-corrected chi connectivity index (χ4v) is 2.57. The van der Waals surface area contributed by atoms with Gasteiger partial charge in [0.2, 0.25) is 5.95 Å². The number of para-hydroxylation sites is 1. The Labute approximate surface area is 141 Å². The summed E-state index contributed by atoms with van der Waals surface area (Å²) in [6.07, 6.45) is 0. The Kier molecular flexibility index (Phi) is 3.57. The molecule has 25 heavy (non-hydrogen) atoms. The smallest absolute Gasteiger partial charge is 0.338 e. The number of esters is 1. The molecule has 2 N–H and O–H groups in total. The Bertz CT molecular complexity index is 1090. The Hall–Kier alpha value is -3.42. The number of nitrogens with one attached hydrogen (secondary N) is 2. The summed E-state index contributed by atoms with van der Waals surface area (Å²) in [6, 6.07) is 11.4. The molecular formula is C17H14FN5O2. The number of ether oxygens (including phenoxy) is 1. The Morgan fingerprint density at radius 2 is 2.12 bits per heavy atom. The number of hydrogen-bond acceptors (Lipinski definition) is 5. The fourth-order valence-electron chi connectivity index (χ4n) is 2.57. The maximum absolute atomic E-state index is 13.7. The van der Waals surface area contributed by atoms with Crippen molar-refractivity contribution in [2.24, 2.45) is 0 Å². The third-order valence-electron chi connectivity index (χ3n) is 3.70. The SMILES string of the molecule is CCOC(=O)c1ccc2c(c1)nc1nc(Nc3ccccc3F)[nH]n12. The summed E-state index contributed by atoms with van der Waals surface area (Å²) >= 11 is 0. The predicted molar refractivity (Wildman–Crippen MR) is 90.5 cm³/mol. The number of H-pyrrole nitrogens is 1. The molecule has 0 atom stereocenters. The summed E-state index contributed by atoms with van der Waals surface area (Å²) in [5.74, 6) is 0.00947. The van der Waals surface area contributed by atoms with E-state index in [-0.39, 0.29) is 5.82 Å². The third-order valence-corrected chi connectivity index (χ3v) is 3.70. The maximum atomic E-state index is 13.7. The van der Waals surface area contributed by atoms with Gasteiger partial charge in [0.1, 0.15) is 5.82 Å². The van der Waals surface area contributed by atoms with Crippen molar-refractivity contribution in [2.45, 2.75) is 6.92 Å². The molecular weight excluding hydrogens is 325 g/mol. The molecule has 0 saturated heterocycles. The quantitative estimate of drug-likeness (QED) is 0.558. The second kappa shape index (κ2) is 5.90. The van der Waals surface area contributed by atoms with Crippen molar-refractivity contribution >= 4 is 34.4 Å². The van der Waals surface area contributed by atoms with E-state index in [2.05, 4.69) is 20.4 Å². The van der Waals surface area contributed by atoms with E-state index < -0.39 is 5.97 Å². The number of halogens is 1. The highest BCUT2D eigenvalue weighted by molar-refractivity contribution is 5.94. The van der Waals surface area contributed by atoms with Crippen LogP contribution in [0.4, 0.5) is 16.0 Å². The van der Waals surface area contributed by atoms with Gasteiger partial charge in [0.15, 0.2) is 0 Å². The highest BCUT2D eigenvalue weighted by Crippen LogP contribution is 2.21. The second-order valence-electron chi connectivity index (χ2n) is 5.35. The number of nitrogens with zero attached hydrogens (tertiary/aromatic N) is 3. The minimum absolute atomic E-state index is 0.313. The Balaban J connectivity index is 1.70. The summed E-state index contributed by atoms with van der Waals surface area (Å²) in [6.45, 7) is 2.07. The molecule has 0 aliphatic heterocycles. The van der Waals surface area contributed by atoms with Gasteiger partial charge in [0.05, 0.1) is 28.9 Å². The lowest BCUT2D eigenvalue weighted by Gasteiger charge is -2.03. The molecule has 0 radical (unpaired) electrons. The summed E-state index contributed by atoms with van der Waals surface area (Å²) in [5, 5.41) is 5.90. The first-order chi connectivity index (χ1) is 12.2. The van der Waals surface area contributed by atoms with E-state index in [9.17, 15) is 9.18 Å². The normalized spacial score (nSPS) is 11.1. The van der Waals surface area contributed by atoms with E-state index in [1.165, 1.54) is 6.07 Å². The van der Waals surface area contributed by atoms with E-state index in [0.717, 1.165) is 5.52 Å². The lowest BCUT2D eigenvalue weighted by atomic mass is 10.2. The van der Waals surface area contributed by atoms with E-state index in [4.69, 9.17) is 4.74 Å². The molecule has 2 aromatic heterocycles. The molecule has 0 unspecified atom stereocenters. The molecule has 0 fully saturated rings. The highest BCUT2D eigenvalue weighted by Gasteiger charge is 2.14. The van der Waals surface area contributed by atoms with Crippen LogP contribution >= 0.6 is 0 Å². The fraction of sp³-hybridized carbons (Fsp3) is 0.118. The largest absolute Gasteiger partial charge is 0.462 e. The average Bonchev–Trinajstić information content (AvgIpc) is 3.13. The van der Waals surface area contributed by atoms with Gasteiger partial charge in [0.25, 0.3) is 5.78 Å². The van der Waals surface area contributed by atoms with Gasteiger partial charge >= 0.3 is 5.97 Å². The molecule has 8 heteroatoms. The van der Waals surface area contributed by atoms with Crippen LogP contribution in [0.25, 0.3) is 16.8 Å². The number of aromatic amines is 1. The predicted octanol–water partition coefficient (Wildman–Crippen LogP) is 3.27. The van der Waals surface area contributed by atoms with E-state index in [1.807, 2.05) is 0 Å². The molecule has 0 amide bonds. The molecule has 0 aliphatic carbocycles. The van der Waals surface area contributed by atoms with Crippen LogP contribution < -0.4 is 5.32 Å². The van der Waals surface area contributed by atoms with Gasteiger partial charge in [-0.3, -0.25) is 5.10 Å². The minimum Gasteiger partial charge on any atom is -0.462 e. The van der Waals surface area contributed by atoms with Crippen molar-refractivity contribution in [2.75, 3.05) is 11.9 Å². The van der Waals surface area contributed by atoms with Gasteiger partial charge in [-0.05, 0) is 37.3 Å². The Morgan fingerprint density at radius 1 is 1.28 bits per heavy atom. The van der Waals surface area contributed by atoms with Crippen LogP contribution in [0, 0.1) is 5.82 Å². The van der Waals surface area contributed by atoms with Crippen molar-refractivity contribution < 1.29 is 13.9 Å². The number of rotatable bonds is 4. The van der Waals surface area contributed by atoms with Crippen LogP contribution in [-0.2, 0) is 4.74 Å². The number of carbonyl (C=O) groups is 1. The van der Waals surface area contributed by atoms with Crippen molar-refractivity contribution in [3.8, 4) is 0 Å². The number of fused-ring (bicyclic) bond motifs is 3. The zero-order valence-electron chi connectivity index (χ0n) is 13.3. The van der Waals surface area contributed by atoms with Gasteiger partial charge in [-0.2, -0.15) is 4.98 Å². The number of imidazole rings is 1. The van der Waals surface area contributed by atoms with Crippen LogP contribution in [0.1, 0.15) is 17.3 Å². The average molecular weight is 339 g/mol. The topological polar surface area (TPSA) is 84.3 Å². The first kappa shape index (κ1) is 15.1. The summed E-state index contributed by atoms with van der Waals surface area (Å²) in [4.78, 5) is 20.5. The number of hydrogen-bond donors (Lipinski definition) is 2. The van der Waals surface area contributed by atoms with Crippen LogP contribution in [0.3, 0.4) is 0 Å². The summed E-state index contributed by atoms with van der Waals surface area (Å²) in [5.41, 5.74) is 2.10. The monoisotopic (exact) mass is 339 g/mol. The van der Waals surface area contributed by atoms with Crippen LogP contribution in [0.5, 0.6) is 0 Å².